The van der Waals surface area contributed by atoms with Crippen LogP contribution in [-0.2, 0) is 14.3 Å². The second kappa shape index (κ2) is 6.18. The summed E-state index contributed by atoms with van der Waals surface area (Å²) in [4.78, 5) is 25.6. The third kappa shape index (κ3) is 3.22. The maximum atomic E-state index is 12.4. The molecule has 0 aliphatic carbocycles. The number of likely N-dealkylation sites (tertiary alicyclic amines) is 1. The number of carbonyl (C=O) groups excluding carboxylic acids is 2. The van der Waals surface area contributed by atoms with Crippen molar-refractivity contribution in [2.24, 2.45) is 5.92 Å². The van der Waals surface area contributed by atoms with Crippen LogP contribution in [0.4, 0.5) is 0 Å². The van der Waals surface area contributed by atoms with Gasteiger partial charge in [0.1, 0.15) is 0 Å². The zero-order valence-electron chi connectivity index (χ0n) is 11.0. The number of piperidine rings is 1. The topological polar surface area (TPSA) is 58.6 Å². The number of nitrogens with one attached hydrogen (secondary N) is 1. The average molecular weight is 254 g/mol. The molecule has 0 spiro atoms. The van der Waals surface area contributed by atoms with Crippen LogP contribution in [0.5, 0.6) is 0 Å². The van der Waals surface area contributed by atoms with Gasteiger partial charge in [0.05, 0.1) is 6.10 Å². The average Bonchev–Trinajstić information content (AvgIpc) is 2.63. The highest BCUT2D eigenvalue weighted by Crippen LogP contribution is 2.20. The van der Waals surface area contributed by atoms with Crippen LogP contribution < -0.4 is 5.32 Å². The number of amides is 2. The van der Waals surface area contributed by atoms with Crippen LogP contribution in [0.25, 0.3) is 0 Å². The predicted octanol–water partition coefficient (Wildman–Crippen LogP) is 0.540. The van der Waals surface area contributed by atoms with Crippen LogP contribution >= 0.6 is 0 Å². The number of nitrogens with zero attached hydrogens (tertiary/aromatic N) is 1. The fourth-order valence-corrected chi connectivity index (χ4v) is 2.74. The van der Waals surface area contributed by atoms with Gasteiger partial charge in [-0.05, 0) is 25.7 Å². The van der Waals surface area contributed by atoms with Crippen LogP contribution in [-0.4, -0.2) is 49.6 Å². The largest absolute Gasteiger partial charge is 0.381 e. The molecular formula is C13H22N2O3. The van der Waals surface area contributed by atoms with Crippen molar-refractivity contribution in [3.63, 3.8) is 0 Å². The summed E-state index contributed by atoms with van der Waals surface area (Å²) in [6, 6.07) is 0. The Morgan fingerprint density at radius 2 is 2.00 bits per heavy atom. The summed E-state index contributed by atoms with van der Waals surface area (Å²) in [5.41, 5.74) is 0. The molecule has 5 nitrogen and oxygen atoms in total. The van der Waals surface area contributed by atoms with Gasteiger partial charge in [0.15, 0.2) is 0 Å². The number of ether oxygens (including phenoxy) is 1. The second-order valence-corrected chi connectivity index (χ2v) is 5.13. The van der Waals surface area contributed by atoms with Crippen LogP contribution in [0, 0.1) is 5.92 Å². The Morgan fingerprint density at radius 3 is 2.67 bits per heavy atom. The second-order valence-electron chi connectivity index (χ2n) is 5.13. The number of methoxy groups -OCH3 is 1. The molecule has 2 aliphatic rings. The summed E-state index contributed by atoms with van der Waals surface area (Å²) in [5, 5.41) is 2.82. The number of hydrogen-bond donors (Lipinski definition) is 1. The lowest BCUT2D eigenvalue weighted by Gasteiger charge is -2.33. The summed E-state index contributed by atoms with van der Waals surface area (Å²) < 4.78 is 5.31. The summed E-state index contributed by atoms with van der Waals surface area (Å²) in [7, 11) is 1.73. The first-order chi connectivity index (χ1) is 8.70. The Hall–Kier alpha value is -1.10. The molecule has 2 rings (SSSR count). The molecule has 0 bridgehead atoms. The Labute approximate surface area is 108 Å². The molecule has 102 valence electrons. The van der Waals surface area contributed by atoms with Gasteiger partial charge in [-0.2, -0.15) is 0 Å². The molecule has 1 N–H and O–H groups in total. The van der Waals surface area contributed by atoms with Crippen molar-refractivity contribution in [3.8, 4) is 0 Å². The predicted molar refractivity (Wildman–Crippen MR) is 67.0 cm³/mol. The van der Waals surface area contributed by atoms with Crippen molar-refractivity contribution < 1.29 is 14.3 Å². The van der Waals surface area contributed by atoms with Gasteiger partial charge in [0.2, 0.25) is 11.8 Å². The maximum absolute atomic E-state index is 12.4. The summed E-state index contributed by atoms with van der Waals surface area (Å²) in [6.45, 7) is 2.20. The minimum Gasteiger partial charge on any atom is -0.381 e. The van der Waals surface area contributed by atoms with E-state index in [1.807, 2.05) is 4.90 Å². The van der Waals surface area contributed by atoms with Gasteiger partial charge in [0, 0.05) is 39.1 Å². The molecule has 0 radical (unpaired) electrons. The summed E-state index contributed by atoms with van der Waals surface area (Å²) in [5.74, 6) is 0.312. The lowest BCUT2D eigenvalue weighted by Crippen LogP contribution is -2.43. The quantitative estimate of drug-likeness (QED) is 0.782. The first-order valence-corrected chi connectivity index (χ1v) is 6.79. The molecule has 0 saturated carbocycles. The monoisotopic (exact) mass is 254 g/mol. The Bertz CT molecular complexity index is 311. The zero-order chi connectivity index (χ0) is 13.0. The Kier molecular flexibility index (Phi) is 4.58. The molecule has 2 fully saturated rings. The van der Waals surface area contributed by atoms with Crippen molar-refractivity contribution in [2.45, 2.75) is 38.2 Å². The van der Waals surface area contributed by atoms with E-state index in [1.165, 1.54) is 0 Å². The van der Waals surface area contributed by atoms with E-state index in [-0.39, 0.29) is 17.7 Å². The standard InChI is InChI=1S/C13H22N2O3/c1-18-11-5-8-15(9-6-11)13(17)10-2-3-12(16)14-7-4-10/h10-11H,2-9H2,1H3,(H,14,16). The molecule has 2 heterocycles. The normalized spacial score (nSPS) is 26.6. The van der Waals surface area contributed by atoms with Gasteiger partial charge in [-0.1, -0.05) is 0 Å². The number of rotatable bonds is 2. The van der Waals surface area contributed by atoms with Gasteiger partial charge < -0.3 is 15.0 Å². The third-order valence-corrected chi connectivity index (χ3v) is 3.97. The van der Waals surface area contributed by atoms with E-state index in [0.717, 1.165) is 32.4 Å². The first-order valence-electron chi connectivity index (χ1n) is 6.79. The minimum atomic E-state index is 0.0167. The fourth-order valence-electron chi connectivity index (χ4n) is 2.74. The molecule has 1 atom stereocenters. The maximum Gasteiger partial charge on any atom is 0.225 e. The lowest BCUT2D eigenvalue weighted by atomic mass is 9.97. The van der Waals surface area contributed by atoms with Crippen molar-refractivity contribution in [2.75, 3.05) is 26.7 Å². The van der Waals surface area contributed by atoms with Gasteiger partial charge in [-0.15, -0.1) is 0 Å². The van der Waals surface area contributed by atoms with E-state index in [2.05, 4.69) is 5.32 Å². The van der Waals surface area contributed by atoms with E-state index in [1.54, 1.807) is 7.11 Å². The number of carbonyl (C=O) groups is 2. The Balaban J connectivity index is 1.85. The molecule has 2 amide bonds. The minimum absolute atomic E-state index is 0.0167. The molecule has 2 aliphatic heterocycles. The molecule has 5 heteroatoms. The Morgan fingerprint density at radius 1 is 1.28 bits per heavy atom. The van der Waals surface area contributed by atoms with Crippen molar-refractivity contribution in [3.05, 3.63) is 0 Å². The van der Waals surface area contributed by atoms with Crippen LogP contribution in [0.3, 0.4) is 0 Å². The van der Waals surface area contributed by atoms with Crippen LogP contribution in [0.1, 0.15) is 32.1 Å². The molecule has 0 aromatic rings. The van der Waals surface area contributed by atoms with Crippen LogP contribution in [0.2, 0.25) is 0 Å². The molecule has 1 unspecified atom stereocenters. The smallest absolute Gasteiger partial charge is 0.225 e. The highest BCUT2D eigenvalue weighted by atomic mass is 16.5. The van der Waals surface area contributed by atoms with Gasteiger partial charge in [0.25, 0.3) is 0 Å². The summed E-state index contributed by atoms with van der Waals surface area (Å²) in [6.07, 6.45) is 4.08. The van der Waals surface area contributed by atoms with Crippen molar-refractivity contribution in [1.29, 1.82) is 0 Å². The van der Waals surface area contributed by atoms with Crippen molar-refractivity contribution >= 4 is 11.8 Å². The van der Waals surface area contributed by atoms with Gasteiger partial charge in [-0.3, -0.25) is 9.59 Å². The van der Waals surface area contributed by atoms with E-state index in [4.69, 9.17) is 4.74 Å². The van der Waals surface area contributed by atoms with Crippen LogP contribution in [0.15, 0.2) is 0 Å². The summed E-state index contributed by atoms with van der Waals surface area (Å²) >= 11 is 0. The third-order valence-electron chi connectivity index (χ3n) is 3.97. The SMILES string of the molecule is COC1CCN(C(=O)C2CCNC(=O)CC2)CC1. The first kappa shape index (κ1) is 13.3. The highest BCUT2D eigenvalue weighted by molar-refractivity contribution is 5.81. The fraction of sp³-hybridized carbons (Fsp3) is 0.846. The molecule has 0 aromatic carbocycles. The number of hydrogen-bond acceptors (Lipinski definition) is 3. The zero-order valence-corrected chi connectivity index (χ0v) is 11.0. The molecule has 0 aromatic heterocycles. The van der Waals surface area contributed by atoms with E-state index >= 15 is 0 Å². The molecule has 18 heavy (non-hydrogen) atoms. The molecule has 2 saturated heterocycles. The van der Waals surface area contributed by atoms with E-state index in [9.17, 15) is 9.59 Å². The van der Waals surface area contributed by atoms with Gasteiger partial charge >= 0.3 is 0 Å². The van der Waals surface area contributed by atoms with Gasteiger partial charge in [-0.25, -0.2) is 0 Å². The highest BCUT2D eigenvalue weighted by Gasteiger charge is 2.29. The van der Waals surface area contributed by atoms with Crippen molar-refractivity contribution in [1.82, 2.24) is 10.2 Å². The van der Waals surface area contributed by atoms with E-state index < -0.39 is 0 Å². The molecular weight excluding hydrogens is 232 g/mol. The van der Waals surface area contributed by atoms with E-state index in [0.29, 0.717) is 25.5 Å². The lowest BCUT2D eigenvalue weighted by molar-refractivity contribution is -0.138.